The summed E-state index contributed by atoms with van der Waals surface area (Å²) in [5.74, 6) is 0.497. The maximum absolute atomic E-state index is 11.5. The molecule has 0 radical (unpaired) electrons. The molecule has 2 N–H and O–H groups in total. The summed E-state index contributed by atoms with van der Waals surface area (Å²) in [5, 5.41) is 5.16. The first-order valence-corrected chi connectivity index (χ1v) is 7.99. The van der Waals surface area contributed by atoms with Gasteiger partial charge in [-0.1, -0.05) is 32.9 Å². The Hall–Kier alpha value is -1.92. The molecule has 1 aromatic carbocycles. The van der Waals surface area contributed by atoms with E-state index >= 15 is 0 Å². The molecule has 0 unspecified atom stereocenters. The number of ether oxygens (including phenoxy) is 1. The maximum atomic E-state index is 11.5. The van der Waals surface area contributed by atoms with Crippen LogP contribution in [0.4, 0.5) is 0 Å². The summed E-state index contributed by atoms with van der Waals surface area (Å²) in [6.07, 6.45) is 1.46. The van der Waals surface area contributed by atoms with E-state index in [9.17, 15) is 8.42 Å². The Bertz CT molecular complexity index is 750. The molecule has 0 aliphatic carbocycles. The monoisotopic (exact) mass is 306 g/mol. The molecule has 0 aliphatic rings. The molecular weight excluding hydrogens is 288 g/mol. The van der Waals surface area contributed by atoms with Crippen LogP contribution in [-0.4, -0.2) is 13.4 Å². The van der Waals surface area contributed by atoms with Crippen molar-refractivity contribution in [3.8, 4) is 11.6 Å². The molecule has 0 spiro atoms. The maximum Gasteiger partial charge on any atom is 0.243 e. The molecule has 1 heterocycles. The van der Waals surface area contributed by atoms with Gasteiger partial charge in [0.25, 0.3) is 0 Å². The largest absolute Gasteiger partial charge is 0.438 e. The molecule has 5 nitrogen and oxygen atoms in total. The van der Waals surface area contributed by atoms with E-state index in [1.54, 1.807) is 6.07 Å². The number of primary sulfonamides is 1. The number of hydrogen-bond acceptors (Lipinski definition) is 4. The quantitative estimate of drug-likeness (QED) is 0.945. The average molecular weight is 306 g/mol. The minimum atomic E-state index is -3.88. The van der Waals surface area contributed by atoms with E-state index in [2.05, 4.69) is 25.8 Å². The highest BCUT2D eigenvalue weighted by atomic mass is 32.2. The van der Waals surface area contributed by atoms with Gasteiger partial charge in [0, 0.05) is 6.20 Å². The molecule has 6 heteroatoms. The lowest BCUT2D eigenvalue weighted by Gasteiger charge is -2.19. The van der Waals surface area contributed by atoms with E-state index < -0.39 is 10.0 Å². The Labute approximate surface area is 124 Å². The molecule has 0 aliphatic heterocycles. The van der Waals surface area contributed by atoms with Crippen LogP contribution in [0, 0.1) is 0 Å². The number of nitrogens with zero attached hydrogens (tertiary/aromatic N) is 1. The van der Waals surface area contributed by atoms with E-state index in [4.69, 9.17) is 9.88 Å². The predicted octanol–water partition coefficient (Wildman–Crippen LogP) is 2.82. The second-order valence-corrected chi connectivity index (χ2v) is 7.26. The van der Waals surface area contributed by atoms with Crippen molar-refractivity contribution in [2.45, 2.75) is 31.1 Å². The summed E-state index contributed by atoms with van der Waals surface area (Å²) in [6.45, 7) is 6.26. The molecular formula is C15H18N2O3S. The SMILES string of the molecule is CC(C)(C)c1cccc(Oc2ncccc2S(N)(=O)=O)c1. The summed E-state index contributed by atoms with van der Waals surface area (Å²) in [5.41, 5.74) is 1.04. The van der Waals surface area contributed by atoms with Crippen LogP contribution in [-0.2, 0) is 15.4 Å². The summed E-state index contributed by atoms with van der Waals surface area (Å²) in [6, 6.07) is 10.3. The van der Waals surface area contributed by atoms with Gasteiger partial charge < -0.3 is 4.74 Å². The predicted molar refractivity (Wildman–Crippen MR) is 80.8 cm³/mol. The van der Waals surface area contributed by atoms with Crippen LogP contribution < -0.4 is 9.88 Å². The van der Waals surface area contributed by atoms with Crippen molar-refractivity contribution < 1.29 is 13.2 Å². The normalized spacial score (nSPS) is 12.2. The van der Waals surface area contributed by atoms with Crippen molar-refractivity contribution in [3.05, 3.63) is 48.2 Å². The van der Waals surface area contributed by atoms with E-state index in [-0.39, 0.29) is 16.2 Å². The van der Waals surface area contributed by atoms with Crippen LogP contribution in [0.2, 0.25) is 0 Å². The second kappa shape index (κ2) is 5.46. The van der Waals surface area contributed by atoms with Crippen molar-refractivity contribution >= 4 is 10.0 Å². The van der Waals surface area contributed by atoms with Crippen LogP contribution >= 0.6 is 0 Å². The van der Waals surface area contributed by atoms with Crippen molar-refractivity contribution in [3.63, 3.8) is 0 Å². The third kappa shape index (κ3) is 3.80. The van der Waals surface area contributed by atoms with E-state index in [0.29, 0.717) is 5.75 Å². The highest BCUT2D eigenvalue weighted by Crippen LogP contribution is 2.29. The zero-order valence-electron chi connectivity index (χ0n) is 12.2. The Kier molecular flexibility index (Phi) is 4.02. The summed E-state index contributed by atoms with van der Waals surface area (Å²) in [4.78, 5) is 3.82. The van der Waals surface area contributed by atoms with Crippen LogP contribution in [0.15, 0.2) is 47.5 Å². The molecule has 21 heavy (non-hydrogen) atoms. The Morgan fingerprint density at radius 2 is 1.86 bits per heavy atom. The standard InChI is InChI=1S/C15H18N2O3S/c1-15(2,3)11-6-4-7-12(10-11)20-14-13(21(16,18)19)8-5-9-17-14/h4-10H,1-3H3,(H2,16,18,19). The van der Waals surface area contributed by atoms with E-state index in [1.165, 1.54) is 18.3 Å². The molecule has 0 atom stereocenters. The Balaban J connectivity index is 2.40. The van der Waals surface area contributed by atoms with Crippen LogP contribution in [0.3, 0.4) is 0 Å². The first-order chi connectivity index (χ1) is 9.68. The number of hydrogen-bond donors (Lipinski definition) is 1. The first-order valence-electron chi connectivity index (χ1n) is 6.44. The van der Waals surface area contributed by atoms with Crippen molar-refractivity contribution in [1.82, 2.24) is 4.98 Å². The fourth-order valence-electron chi connectivity index (χ4n) is 1.81. The zero-order valence-corrected chi connectivity index (χ0v) is 13.0. The summed E-state index contributed by atoms with van der Waals surface area (Å²) >= 11 is 0. The van der Waals surface area contributed by atoms with Crippen LogP contribution in [0.1, 0.15) is 26.3 Å². The Morgan fingerprint density at radius 1 is 1.14 bits per heavy atom. The highest BCUT2D eigenvalue weighted by Gasteiger charge is 2.18. The minimum Gasteiger partial charge on any atom is -0.438 e. The highest BCUT2D eigenvalue weighted by molar-refractivity contribution is 7.89. The second-order valence-electron chi connectivity index (χ2n) is 5.73. The fourth-order valence-corrected chi connectivity index (χ4v) is 2.41. The number of benzene rings is 1. The lowest BCUT2D eigenvalue weighted by Crippen LogP contribution is -2.14. The number of aromatic nitrogens is 1. The molecule has 0 saturated carbocycles. The minimum absolute atomic E-state index is 0.0222. The molecule has 0 fully saturated rings. The lowest BCUT2D eigenvalue weighted by molar-refractivity contribution is 0.444. The Morgan fingerprint density at radius 3 is 2.48 bits per heavy atom. The average Bonchev–Trinajstić information content (AvgIpc) is 2.37. The van der Waals surface area contributed by atoms with Gasteiger partial charge >= 0.3 is 0 Å². The number of pyridine rings is 1. The van der Waals surface area contributed by atoms with Gasteiger partial charge in [0.1, 0.15) is 10.6 Å². The molecule has 2 rings (SSSR count). The third-order valence-electron chi connectivity index (χ3n) is 2.96. The van der Waals surface area contributed by atoms with Gasteiger partial charge in [0.05, 0.1) is 0 Å². The van der Waals surface area contributed by atoms with Gasteiger partial charge in [-0.3, -0.25) is 0 Å². The molecule has 0 bridgehead atoms. The van der Waals surface area contributed by atoms with Crippen LogP contribution in [0.25, 0.3) is 0 Å². The lowest BCUT2D eigenvalue weighted by atomic mass is 9.87. The topological polar surface area (TPSA) is 82.3 Å². The van der Waals surface area contributed by atoms with Gasteiger partial charge in [-0.2, -0.15) is 0 Å². The van der Waals surface area contributed by atoms with Gasteiger partial charge in [0.2, 0.25) is 15.9 Å². The molecule has 2 aromatic rings. The molecule has 0 amide bonds. The third-order valence-corrected chi connectivity index (χ3v) is 3.88. The number of rotatable bonds is 3. The van der Waals surface area contributed by atoms with Gasteiger partial charge in [-0.25, -0.2) is 18.5 Å². The molecule has 1 aromatic heterocycles. The summed E-state index contributed by atoms with van der Waals surface area (Å²) in [7, 11) is -3.88. The van der Waals surface area contributed by atoms with E-state index in [0.717, 1.165) is 5.56 Å². The molecule has 0 saturated heterocycles. The smallest absolute Gasteiger partial charge is 0.243 e. The van der Waals surface area contributed by atoms with Crippen molar-refractivity contribution in [2.24, 2.45) is 5.14 Å². The van der Waals surface area contributed by atoms with Gasteiger partial charge in [-0.15, -0.1) is 0 Å². The van der Waals surface area contributed by atoms with Gasteiger partial charge in [-0.05, 0) is 35.2 Å². The van der Waals surface area contributed by atoms with Crippen molar-refractivity contribution in [1.29, 1.82) is 0 Å². The zero-order chi connectivity index (χ0) is 15.7. The van der Waals surface area contributed by atoms with Crippen molar-refractivity contribution in [2.75, 3.05) is 0 Å². The summed E-state index contributed by atoms with van der Waals surface area (Å²) < 4.78 is 28.7. The van der Waals surface area contributed by atoms with E-state index in [1.807, 2.05) is 18.2 Å². The fraction of sp³-hybridized carbons (Fsp3) is 0.267. The molecule has 112 valence electrons. The van der Waals surface area contributed by atoms with Crippen LogP contribution in [0.5, 0.6) is 11.6 Å². The first kappa shape index (κ1) is 15.5. The van der Waals surface area contributed by atoms with Gasteiger partial charge in [0.15, 0.2) is 0 Å². The number of nitrogens with two attached hydrogens (primary N) is 1. The number of sulfonamides is 1.